The van der Waals surface area contributed by atoms with Crippen LogP contribution in [0.3, 0.4) is 0 Å². The maximum atomic E-state index is 13.5. The smallest absolute Gasteiger partial charge is 0.129 e. The van der Waals surface area contributed by atoms with Gasteiger partial charge in [0.2, 0.25) is 0 Å². The molecule has 1 saturated carbocycles. The molecule has 1 aromatic carbocycles. The maximum absolute atomic E-state index is 13.5. The van der Waals surface area contributed by atoms with Crippen LogP contribution in [0.15, 0.2) is 12.1 Å². The summed E-state index contributed by atoms with van der Waals surface area (Å²) in [5.41, 5.74) is 1.54. The summed E-state index contributed by atoms with van der Waals surface area (Å²) in [7, 11) is 0. The second-order valence-corrected chi connectivity index (χ2v) is 4.90. The Morgan fingerprint density at radius 3 is 2.75 bits per heavy atom. The first kappa shape index (κ1) is 10.2. The topological polar surface area (TPSA) is 12.0 Å². The van der Waals surface area contributed by atoms with Crippen LogP contribution in [0.25, 0.3) is 0 Å². The second kappa shape index (κ2) is 3.81. The van der Waals surface area contributed by atoms with Gasteiger partial charge in [0, 0.05) is 12.1 Å². The third-order valence-corrected chi connectivity index (χ3v) is 3.60. The molecule has 3 rings (SSSR count). The number of rotatable bonds is 3. The van der Waals surface area contributed by atoms with Crippen molar-refractivity contribution in [3.8, 4) is 0 Å². The van der Waals surface area contributed by atoms with E-state index in [0.717, 1.165) is 36.9 Å². The molecule has 1 atom stereocenters. The van der Waals surface area contributed by atoms with Crippen LogP contribution in [0, 0.1) is 17.6 Å². The van der Waals surface area contributed by atoms with E-state index in [2.05, 4.69) is 5.32 Å². The highest BCUT2D eigenvalue weighted by Crippen LogP contribution is 2.35. The maximum Gasteiger partial charge on any atom is 0.129 e. The van der Waals surface area contributed by atoms with Gasteiger partial charge >= 0.3 is 0 Å². The summed E-state index contributed by atoms with van der Waals surface area (Å²) in [5.74, 6) is -0.0513. The molecule has 16 heavy (non-hydrogen) atoms. The van der Waals surface area contributed by atoms with Gasteiger partial charge in [-0.25, -0.2) is 8.78 Å². The lowest BCUT2D eigenvalue weighted by atomic mass is 10.1. The molecule has 3 heteroatoms. The number of hydrogen-bond acceptors (Lipinski definition) is 1. The quantitative estimate of drug-likeness (QED) is 0.830. The Bertz CT molecular complexity index is 413. The highest BCUT2D eigenvalue weighted by molar-refractivity contribution is 5.36. The van der Waals surface area contributed by atoms with Gasteiger partial charge in [-0.15, -0.1) is 0 Å². The fourth-order valence-corrected chi connectivity index (χ4v) is 2.49. The molecule has 0 radical (unpaired) electrons. The molecular weight excluding hydrogens is 208 g/mol. The number of fused-ring (bicyclic) bond motifs is 1. The van der Waals surface area contributed by atoms with Crippen LogP contribution < -0.4 is 5.32 Å². The Kier molecular flexibility index (Phi) is 2.43. The van der Waals surface area contributed by atoms with Gasteiger partial charge in [-0.2, -0.15) is 0 Å². The van der Waals surface area contributed by atoms with Crippen molar-refractivity contribution in [1.29, 1.82) is 0 Å². The fraction of sp³-hybridized carbons (Fsp3) is 0.538. The first-order valence-corrected chi connectivity index (χ1v) is 5.95. The summed E-state index contributed by atoms with van der Waals surface area (Å²) in [6, 6.07) is 2.62. The molecule has 0 aromatic heterocycles. The van der Waals surface area contributed by atoms with Crippen LogP contribution in [0.5, 0.6) is 0 Å². The average Bonchev–Trinajstić information content (AvgIpc) is 2.97. The standard InChI is InChI=1S/C13H15F2N/c14-9-5-11-10(12(15)6-9)3-4-13(11)16-7-8-1-2-8/h5-6,8,13,16H,1-4,7H2. The third-order valence-electron chi connectivity index (χ3n) is 3.60. The Hall–Kier alpha value is -0.960. The van der Waals surface area contributed by atoms with Crippen molar-refractivity contribution in [2.45, 2.75) is 31.7 Å². The Balaban J connectivity index is 1.80. The van der Waals surface area contributed by atoms with Crippen molar-refractivity contribution in [3.63, 3.8) is 0 Å². The van der Waals surface area contributed by atoms with Gasteiger partial charge in [-0.05, 0) is 55.3 Å². The highest BCUT2D eigenvalue weighted by Gasteiger charge is 2.28. The van der Waals surface area contributed by atoms with Crippen molar-refractivity contribution in [3.05, 3.63) is 34.9 Å². The lowest BCUT2D eigenvalue weighted by molar-refractivity contribution is 0.510. The number of hydrogen-bond donors (Lipinski definition) is 1. The minimum absolute atomic E-state index is 0.154. The number of benzene rings is 1. The van der Waals surface area contributed by atoms with Gasteiger partial charge in [0.1, 0.15) is 11.6 Å². The molecule has 1 nitrogen and oxygen atoms in total. The van der Waals surface area contributed by atoms with Crippen molar-refractivity contribution in [2.24, 2.45) is 5.92 Å². The normalized spacial score (nSPS) is 23.5. The second-order valence-electron chi connectivity index (χ2n) is 4.90. The van der Waals surface area contributed by atoms with Crippen LogP contribution in [0.1, 0.15) is 36.4 Å². The van der Waals surface area contributed by atoms with Crippen LogP contribution in [-0.2, 0) is 6.42 Å². The van der Waals surface area contributed by atoms with Crippen LogP contribution in [0.2, 0.25) is 0 Å². The van der Waals surface area contributed by atoms with Crippen molar-refractivity contribution in [1.82, 2.24) is 5.32 Å². The van der Waals surface area contributed by atoms with E-state index >= 15 is 0 Å². The Morgan fingerprint density at radius 1 is 1.19 bits per heavy atom. The minimum Gasteiger partial charge on any atom is -0.310 e. The molecule has 1 N–H and O–H groups in total. The lowest BCUT2D eigenvalue weighted by Gasteiger charge is -2.13. The van der Waals surface area contributed by atoms with E-state index in [9.17, 15) is 8.78 Å². The number of nitrogens with one attached hydrogen (secondary N) is 1. The molecule has 1 unspecified atom stereocenters. The third kappa shape index (κ3) is 1.84. The van der Waals surface area contributed by atoms with Gasteiger partial charge in [-0.3, -0.25) is 0 Å². The van der Waals surface area contributed by atoms with Crippen LogP contribution in [0.4, 0.5) is 8.78 Å². The summed E-state index contributed by atoms with van der Waals surface area (Å²) in [6.45, 7) is 0.988. The molecule has 0 bridgehead atoms. The first-order valence-electron chi connectivity index (χ1n) is 5.95. The van der Waals surface area contributed by atoms with Crippen LogP contribution in [-0.4, -0.2) is 6.54 Å². The molecule has 0 saturated heterocycles. The van der Waals surface area contributed by atoms with Gasteiger partial charge < -0.3 is 5.32 Å². The number of halogens is 2. The zero-order chi connectivity index (χ0) is 11.1. The zero-order valence-corrected chi connectivity index (χ0v) is 9.10. The first-order chi connectivity index (χ1) is 7.74. The van der Waals surface area contributed by atoms with E-state index in [1.54, 1.807) is 0 Å². The molecule has 0 heterocycles. The van der Waals surface area contributed by atoms with Crippen molar-refractivity contribution in [2.75, 3.05) is 6.54 Å². The van der Waals surface area contributed by atoms with Gasteiger partial charge in [-0.1, -0.05) is 0 Å². The SMILES string of the molecule is Fc1cc(F)c2c(c1)C(NCC1CC1)CC2. The average molecular weight is 223 g/mol. The molecule has 0 spiro atoms. The summed E-state index contributed by atoms with van der Waals surface area (Å²) >= 11 is 0. The molecule has 1 fully saturated rings. The largest absolute Gasteiger partial charge is 0.310 e. The molecule has 86 valence electrons. The predicted octanol–water partition coefficient (Wildman–Crippen LogP) is 2.95. The van der Waals surface area contributed by atoms with Gasteiger partial charge in [0.05, 0.1) is 0 Å². The van der Waals surface area contributed by atoms with E-state index in [0.29, 0.717) is 5.56 Å². The summed E-state index contributed by atoms with van der Waals surface area (Å²) < 4.78 is 26.6. The van der Waals surface area contributed by atoms with E-state index in [-0.39, 0.29) is 11.9 Å². The minimum atomic E-state index is -0.462. The molecule has 0 amide bonds. The Labute approximate surface area is 93.9 Å². The van der Waals surface area contributed by atoms with Crippen molar-refractivity contribution < 1.29 is 8.78 Å². The highest BCUT2D eigenvalue weighted by atomic mass is 19.1. The predicted molar refractivity (Wildman–Crippen MR) is 58.1 cm³/mol. The fourth-order valence-electron chi connectivity index (χ4n) is 2.49. The molecule has 2 aliphatic carbocycles. The van der Waals surface area contributed by atoms with E-state index < -0.39 is 5.82 Å². The molecular formula is C13H15F2N. The van der Waals surface area contributed by atoms with E-state index in [1.165, 1.54) is 18.9 Å². The molecule has 1 aromatic rings. The van der Waals surface area contributed by atoms with Crippen LogP contribution >= 0.6 is 0 Å². The summed E-state index contributed by atoms with van der Waals surface area (Å²) in [4.78, 5) is 0. The van der Waals surface area contributed by atoms with Gasteiger partial charge in [0.25, 0.3) is 0 Å². The monoisotopic (exact) mass is 223 g/mol. The van der Waals surface area contributed by atoms with Crippen molar-refractivity contribution >= 4 is 0 Å². The summed E-state index contributed by atoms with van der Waals surface area (Å²) in [6.07, 6.45) is 4.21. The summed E-state index contributed by atoms with van der Waals surface area (Å²) in [5, 5.41) is 3.42. The Morgan fingerprint density at radius 2 is 2.00 bits per heavy atom. The zero-order valence-electron chi connectivity index (χ0n) is 9.10. The lowest BCUT2D eigenvalue weighted by Crippen LogP contribution is -2.21. The van der Waals surface area contributed by atoms with Gasteiger partial charge in [0.15, 0.2) is 0 Å². The van der Waals surface area contributed by atoms with E-state index in [1.807, 2.05) is 0 Å². The van der Waals surface area contributed by atoms with E-state index in [4.69, 9.17) is 0 Å². The molecule has 0 aliphatic heterocycles. The molecule has 2 aliphatic rings.